The van der Waals surface area contributed by atoms with Crippen LogP contribution in [0.4, 0.5) is 18.0 Å². The van der Waals surface area contributed by atoms with Crippen LogP contribution in [0.15, 0.2) is 17.1 Å². The molecule has 8 nitrogen and oxygen atoms in total. The summed E-state index contributed by atoms with van der Waals surface area (Å²) in [7, 11) is 0. The molecular formula is C15H17ClF3N3O5. The number of halogens is 4. The SMILES string of the molecule is CC[C@H](C)NC(=O)NC(=O)COC(=O)Cn1cc(C(F)(F)F)cc(Cl)c1=O. The molecule has 0 radical (unpaired) electrons. The molecule has 0 unspecified atom stereocenters. The Morgan fingerprint density at radius 1 is 1.33 bits per heavy atom. The number of esters is 1. The maximum absolute atomic E-state index is 12.7. The third-order valence-electron chi connectivity index (χ3n) is 3.28. The van der Waals surface area contributed by atoms with Crippen molar-refractivity contribution in [2.24, 2.45) is 0 Å². The number of carbonyl (C=O) groups excluding carboxylic acids is 3. The number of amides is 3. The molecular weight excluding hydrogens is 395 g/mol. The summed E-state index contributed by atoms with van der Waals surface area (Å²) in [5.74, 6) is -2.11. The van der Waals surface area contributed by atoms with E-state index in [1.807, 2.05) is 12.2 Å². The van der Waals surface area contributed by atoms with Crippen molar-refractivity contribution in [3.63, 3.8) is 0 Å². The van der Waals surface area contributed by atoms with Gasteiger partial charge >= 0.3 is 18.2 Å². The molecule has 1 atom stereocenters. The first-order valence-corrected chi connectivity index (χ1v) is 8.05. The number of hydrogen-bond donors (Lipinski definition) is 2. The lowest BCUT2D eigenvalue weighted by molar-refractivity contribution is -0.149. The zero-order valence-corrected chi connectivity index (χ0v) is 15.1. The van der Waals surface area contributed by atoms with Crippen molar-refractivity contribution in [1.82, 2.24) is 15.2 Å². The van der Waals surface area contributed by atoms with E-state index < -0.39 is 53.4 Å². The predicted molar refractivity (Wildman–Crippen MR) is 88.1 cm³/mol. The summed E-state index contributed by atoms with van der Waals surface area (Å²) < 4.78 is 43.1. The summed E-state index contributed by atoms with van der Waals surface area (Å²) in [5, 5.41) is 3.63. The third-order valence-corrected chi connectivity index (χ3v) is 3.55. The topological polar surface area (TPSA) is 106 Å². The zero-order chi connectivity index (χ0) is 20.8. The van der Waals surface area contributed by atoms with Crippen molar-refractivity contribution < 1.29 is 32.3 Å². The lowest BCUT2D eigenvalue weighted by Crippen LogP contribution is -2.44. The van der Waals surface area contributed by atoms with Crippen molar-refractivity contribution in [2.75, 3.05) is 6.61 Å². The van der Waals surface area contributed by atoms with Gasteiger partial charge in [0, 0.05) is 12.2 Å². The fourth-order valence-electron chi connectivity index (χ4n) is 1.73. The van der Waals surface area contributed by atoms with Crippen LogP contribution in [0.3, 0.4) is 0 Å². The molecule has 1 aromatic heterocycles. The molecule has 0 aliphatic heterocycles. The first-order valence-electron chi connectivity index (χ1n) is 7.67. The van der Waals surface area contributed by atoms with Crippen LogP contribution in [0, 0.1) is 0 Å². The van der Waals surface area contributed by atoms with E-state index in [9.17, 15) is 32.3 Å². The molecule has 27 heavy (non-hydrogen) atoms. The van der Waals surface area contributed by atoms with E-state index in [2.05, 4.69) is 10.1 Å². The largest absolute Gasteiger partial charge is 0.454 e. The average molecular weight is 412 g/mol. The van der Waals surface area contributed by atoms with Gasteiger partial charge in [-0.1, -0.05) is 18.5 Å². The summed E-state index contributed by atoms with van der Waals surface area (Å²) in [6, 6.07) is -0.529. The highest BCUT2D eigenvalue weighted by atomic mass is 35.5. The fourth-order valence-corrected chi connectivity index (χ4v) is 1.95. The molecule has 1 rings (SSSR count). The Hall–Kier alpha value is -2.56. The third kappa shape index (κ3) is 7.29. The second-order valence-corrected chi connectivity index (χ2v) is 5.91. The van der Waals surface area contributed by atoms with Gasteiger partial charge in [-0.3, -0.25) is 19.7 Å². The van der Waals surface area contributed by atoms with Crippen LogP contribution in [0.1, 0.15) is 25.8 Å². The second-order valence-electron chi connectivity index (χ2n) is 5.50. The number of pyridine rings is 1. The van der Waals surface area contributed by atoms with Crippen LogP contribution in [0.25, 0.3) is 0 Å². The summed E-state index contributed by atoms with van der Waals surface area (Å²) in [5.41, 5.74) is -2.25. The van der Waals surface area contributed by atoms with Crippen LogP contribution >= 0.6 is 11.6 Å². The summed E-state index contributed by atoms with van der Waals surface area (Å²) in [6.07, 6.45) is -3.73. The number of hydrogen-bond acceptors (Lipinski definition) is 5. The summed E-state index contributed by atoms with van der Waals surface area (Å²) in [4.78, 5) is 46.3. The van der Waals surface area contributed by atoms with E-state index in [-0.39, 0.29) is 6.04 Å². The number of nitrogens with zero attached hydrogens (tertiary/aromatic N) is 1. The number of ether oxygens (including phenoxy) is 1. The monoisotopic (exact) mass is 411 g/mol. The van der Waals surface area contributed by atoms with Crippen molar-refractivity contribution in [3.05, 3.63) is 33.2 Å². The second kappa shape index (κ2) is 9.40. The van der Waals surface area contributed by atoms with Crippen LogP contribution in [0.5, 0.6) is 0 Å². The molecule has 12 heteroatoms. The van der Waals surface area contributed by atoms with Gasteiger partial charge in [-0.25, -0.2) is 4.79 Å². The Bertz CT molecular complexity index is 779. The molecule has 0 aliphatic carbocycles. The van der Waals surface area contributed by atoms with Crippen LogP contribution in [0.2, 0.25) is 5.02 Å². The van der Waals surface area contributed by atoms with E-state index in [4.69, 9.17) is 11.6 Å². The highest BCUT2D eigenvalue weighted by molar-refractivity contribution is 6.30. The Morgan fingerprint density at radius 3 is 2.52 bits per heavy atom. The molecule has 3 amide bonds. The van der Waals surface area contributed by atoms with Gasteiger partial charge in [0.25, 0.3) is 11.5 Å². The van der Waals surface area contributed by atoms with Crippen molar-refractivity contribution in [1.29, 1.82) is 0 Å². The van der Waals surface area contributed by atoms with Gasteiger partial charge in [-0.15, -0.1) is 0 Å². The molecule has 1 heterocycles. The van der Waals surface area contributed by atoms with Crippen LogP contribution in [-0.4, -0.2) is 35.1 Å². The molecule has 1 aromatic rings. The number of alkyl halides is 3. The Balaban J connectivity index is 2.65. The normalized spacial score (nSPS) is 12.2. The number of imide groups is 1. The molecule has 0 fully saturated rings. The van der Waals surface area contributed by atoms with E-state index >= 15 is 0 Å². The van der Waals surface area contributed by atoms with Crippen molar-refractivity contribution in [3.8, 4) is 0 Å². The predicted octanol–water partition coefficient (Wildman–Crippen LogP) is 1.69. The summed E-state index contributed by atoms with van der Waals surface area (Å²) >= 11 is 5.45. The standard InChI is InChI=1S/C15H17ClF3N3O5/c1-3-8(2)20-14(26)21-11(23)7-27-12(24)6-22-5-9(15(17,18)19)4-10(16)13(22)25/h4-5,8H,3,6-7H2,1-2H3,(H2,20,21,23,26)/t8-/m0/s1. The van der Waals surface area contributed by atoms with E-state index in [1.165, 1.54) is 0 Å². The van der Waals surface area contributed by atoms with E-state index in [1.54, 1.807) is 6.92 Å². The Labute approximate surface area is 156 Å². The van der Waals surface area contributed by atoms with Gasteiger partial charge < -0.3 is 14.6 Å². The number of carbonyl (C=O) groups is 3. The molecule has 2 N–H and O–H groups in total. The minimum absolute atomic E-state index is 0.183. The lowest BCUT2D eigenvalue weighted by Gasteiger charge is -2.13. The quantitative estimate of drug-likeness (QED) is 0.693. The number of urea groups is 1. The molecule has 0 aliphatic rings. The molecule has 0 bridgehead atoms. The van der Waals surface area contributed by atoms with Gasteiger partial charge in [0.15, 0.2) is 6.61 Å². The highest BCUT2D eigenvalue weighted by Crippen LogP contribution is 2.29. The van der Waals surface area contributed by atoms with Gasteiger partial charge in [-0.2, -0.15) is 13.2 Å². The Morgan fingerprint density at radius 2 is 1.96 bits per heavy atom. The average Bonchev–Trinajstić information content (AvgIpc) is 2.55. The fraction of sp³-hybridized carbons (Fsp3) is 0.467. The molecule has 0 aromatic carbocycles. The van der Waals surface area contributed by atoms with E-state index in [0.29, 0.717) is 23.3 Å². The van der Waals surface area contributed by atoms with Gasteiger partial charge in [0.05, 0.1) is 5.56 Å². The minimum Gasteiger partial charge on any atom is -0.454 e. The first kappa shape index (κ1) is 22.5. The number of nitrogens with one attached hydrogen (secondary N) is 2. The summed E-state index contributed by atoms with van der Waals surface area (Å²) in [6.45, 7) is 1.78. The number of rotatable bonds is 6. The molecule has 0 saturated carbocycles. The molecule has 0 saturated heterocycles. The number of aromatic nitrogens is 1. The van der Waals surface area contributed by atoms with Gasteiger partial charge in [-0.05, 0) is 19.4 Å². The van der Waals surface area contributed by atoms with Crippen molar-refractivity contribution >= 4 is 29.5 Å². The molecule has 150 valence electrons. The lowest BCUT2D eigenvalue weighted by atomic mass is 10.2. The highest BCUT2D eigenvalue weighted by Gasteiger charge is 2.32. The maximum Gasteiger partial charge on any atom is 0.417 e. The zero-order valence-electron chi connectivity index (χ0n) is 14.4. The minimum atomic E-state index is -4.77. The smallest absolute Gasteiger partial charge is 0.417 e. The maximum atomic E-state index is 12.7. The van der Waals surface area contributed by atoms with Crippen molar-refractivity contribution in [2.45, 2.75) is 39.0 Å². The van der Waals surface area contributed by atoms with Crippen LogP contribution < -0.4 is 16.2 Å². The van der Waals surface area contributed by atoms with Gasteiger partial charge in [0.2, 0.25) is 0 Å². The van der Waals surface area contributed by atoms with Gasteiger partial charge in [0.1, 0.15) is 11.6 Å². The Kier molecular flexibility index (Phi) is 7.82. The van der Waals surface area contributed by atoms with E-state index in [0.717, 1.165) is 0 Å². The molecule has 0 spiro atoms. The first-order chi connectivity index (χ1) is 12.4. The van der Waals surface area contributed by atoms with Crippen LogP contribution in [-0.2, 0) is 27.0 Å².